The van der Waals surface area contributed by atoms with Gasteiger partial charge in [-0.3, -0.25) is 9.69 Å². The Labute approximate surface area is 270 Å². The van der Waals surface area contributed by atoms with E-state index in [0.717, 1.165) is 38.8 Å². The molecule has 6 heterocycles. The van der Waals surface area contributed by atoms with E-state index in [1.165, 1.54) is 38.2 Å². The molecule has 0 spiro atoms. The zero-order chi connectivity index (χ0) is 32.8. The van der Waals surface area contributed by atoms with E-state index in [1.54, 1.807) is 19.1 Å². The number of hydrogen-bond acceptors (Lipinski definition) is 9. The lowest BCUT2D eigenvalue weighted by Crippen LogP contribution is -2.49. The number of rotatable bonds is 4. The molecule has 10 nitrogen and oxygen atoms in total. The van der Waals surface area contributed by atoms with Crippen molar-refractivity contribution in [2.24, 2.45) is 0 Å². The highest BCUT2D eigenvalue weighted by atomic mass is 19.1. The summed E-state index contributed by atoms with van der Waals surface area (Å²) >= 11 is 0. The molecule has 4 aliphatic heterocycles. The number of hydrogen-bond donors (Lipinski definition) is 1. The van der Waals surface area contributed by atoms with Crippen molar-refractivity contribution >= 4 is 33.4 Å². The first-order valence-electron chi connectivity index (χ1n) is 16.5. The van der Waals surface area contributed by atoms with Crippen molar-refractivity contribution in [1.82, 2.24) is 19.8 Å². The van der Waals surface area contributed by atoms with Crippen LogP contribution in [0.2, 0.25) is 0 Å². The van der Waals surface area contributed by atoms with Crippen LogP contribution in [0.5, 0.6) is 11.8 Å². The third-order valence-electron chi connectivity index (χ3n) is 10.0. The van der Waals surface area contributed by atoms with Gasteiger partial charge in [-0.2, -0.15) is 9.97 Å². The van der Waals surface area contributed by atoms with Gasteiger partial charge in [0.15, 0.2) is 5.82 Å². The summed E-state index contributed by atoms with van der Waals surface area (Å²) in [7, 11) is 1.45. The summed E-state index contributed by atoms with van der Waals surface area (Å²) in [6.45, 7) is 5.51. The van der Waals surface area contributed by atoms with Gasteiger partial charge in [-0.25, -0.2) is 13.6 Å². The topological polar surface area (TPSA) is 112 Å². The van der Waals surface area contributed by atoms with E-state index >= 15 is 0 Å². The van der Waals surface area contributed by atoms with E-state index in [1.807, 2.05) is 9.80 Å². The predicted molar refractivity (Wildman–Crippen MR) is 174 cm³/mol. The van der Waals surface area contributed by atoms with E-state index in [4.69, 9.17) is 9.15 Å². The predicted octanol–water partition coefficient (Wildman–Crippen LogP) is 5.35. The summed E-state index contributed by atoms with van der Waals surface area (Å²) in [6, 6.07) is 8.11. The van der Waals surface area contributed by atoms with Crippen molar-refractivity contribution in [3.05, 3.63) is 52.1 Å². The maximum Gasteiger partial charge on any atom is 0.349 e. The molecule has 2 aromatic heterocycles. The van der Waals surface area contributed by atoms with E-state index in [0.29, 0.717) is 54.4 Å². The van der Waals surface area contributed by atoms with Gasteiger partial charge in [0.1, 0.15) is 28.9 Å². The number of ether oxygens (including phenoxy) is 1. The van der Waals surface area contributed by atoms with Crippen molar-refractivity contribution in [2.75, 3.05) is 44.7 Å². The third-order valence-corrected chi connectivity index (χ3v) is 10.0. The number of carbonyl (C=O) groups is 1. The number of alkyl halides is 1. The largest absolute Gasteiger partial charge is 0.508 e. The number of likely N-dealkylation sites (tertiary alicyclic amines) is 1. The number of benzene rings is 2. The van der Waals surface area contributed by atoms with Crippen LogP contribution in [0.25, 0.3) is 33.0 Å². The second-order valence-electron chi connectivity index (χ2n) is 13.0. The summed E-state index contributed by atoms with van der Waals surface area (Å²) in [5.74, 6) is 0.0684. The fraction of sp³-hybridized carbons (Fsp3) is 0.486. The number of anilines is 1. The number of aryl methyl sites for hydroxylation is 1. The quantitative estimate of drug-likeness (QED) is 0.313. The molecule has 47 heavy (non-hydrogen) atoms. The smallest absolute Gasteiger partial charge is 0.349 e. The lowest BCUT2D eigenvalue weighted by molar-refractivity contribution is -0.129. The first-order chi connectivity index (χ1) is 22.7. The van der Waals surface area contributed by atoms with Crippen LogP contribution in [0, 0.1) is 12.7 Å². The maximum absolute atomic E-state index is 14.9. The molecule has 2 aromatic carbocycles. The maximum atomic E-state index is 14.9. The Bertz CT molecular complexity index is 1890. The molecule has 4 saturated heterocycles. The molecule has 4 aromatic rings. The number of fused-ring (bicyclic) bond motifs is 3. The Morgan fingerprint density at radius 2 is 1.81 bits per heavy atom. The molecule has 4 fully saturated rings. The minimum Gasteiger partial charge on any atom is -0.508 e. The zero-order valence-corrected chi connectivity index (χ0v) is 26.7. The van der Waals surface area contributed by atoms with Crippen LogP contribution >= 0.6 is 0 Å². The van der Waals surface area contributed by atoms with Crippen molar-refractivity contribution in [3.8, 4) is 23.1 Å². The average molecular weight is 648 g/mol. The summed E-state index contributed by atoms with van der Waals surface area (Å²) in [5, 5.41) is 11.2. The lowest BCUT2D eigenvalue weighted by Gasteiger charge is -2.38. The number of halogens is 2. The van der Waals surface area contributed by atoms with Crippen molar-refractivity contribution in [3.63, 3.8) is 0 Å². The minimum absolute atomic E-state index is 0.0313. The Morgan fingerprint density at radius 3 is 2.57 bits per heavy atom. The summed E-state index contributed by atoms with van der Waals surface area (Å²) in [6.07, 6.45) is 5.95. The number of piperidine rings is 1. The van der Waals surface area contributed by atoms with Crippen LogP contribution in [0.4, 0.5) is 14.6 Å². The van der Waals surface area contributed by atoms with E-state index in [2.05, 4.69) is 14.9 Å². The van der Waals surface area contributed by atoms with Gasteiger partial charge in [0.05, 0.1) is 12.6 Å². The van der Waals surface area contributed by atoms with Crippen LogP contribution in [-0.2, 0) is 4.79 Å². The second kappa shape index (κ2) is 12.7. The van der Waals surface area contributed by atoms with Gasteiger partial charge < -0.3 is 24.1 Å². The van der Waals surface area contributed by atoms with Crippen LogP contribution in [0.1, 0.15) is 50.5 Å². The van der Waals surface area contributed by atoms with Crippen molar-refractivity contribution in [2.45, 2.75) is 70.1 Å². The van der Waals surface area contributed by atoms with Crippen LogP contribution in [0.3, 0.4) is 0 Å². The van der Waals surface area contributed by atoms with Crippen LogP contribution in [-0.4, -0.2) is 88.9 Å². The zero-order valence-electron chi connectivity index (χ0n) is 26.7. The van der Waals surface area contributed by atoms with Crippen LogP contribution in [0.15, 0.2) is 39.5 Å². The number of methoxy groups -OCH3 is 1. The van der Waals surface area contributed by atoms with E-state index < -0.39 is 17.6 Å². The van der Waals surface area contributed by atoms with Gasteiger partial charge >= 0.3 is 11.6 Å². The molecule has 12 heteroatoms. The summed E-state index contributed by atoms with van der Waals surface area (Å²) < 4.78 is 38.8. The summed E-state index contributed by atoms with van der Waals surface area (Å²) in [4.78, 5) is 41.2. The molecule has 0 radical (unpaired) electrons. The highest BCUT2D eigenvalue weighted by molar-refractivity contribution is 6.00. The number of phenols is 1. The first kappa shape index (κ1) is 31.3. The molecule has 3 atom stereocenters. The van der Waals surface area contributed by atoms with Gasteiger partial charge in [0, 0.05) is 61.2 Å². The monoisotopic (exact) mass is 647 g/mol. The summed E-state index contributed by atoms with van der Waals surface area (Å²) in [5.41, 5.74) is 0.384. The van der Waals surface area contributed by atoms with Crippen LogP contribution < -0.4 is 15.3 Å². The number of phenolic OH excluding ortho intramolecular Hbond substituents is 1. The fourth-order valence-electron chi connectivity index (χ4n) is 7.82. The molecular weight excluding hydrogens is 608 g/mol. The molecule has 1 N–H and O–H groups in total. The highest BCUT2D eigenvalue weighted by Crippen LogP contribution is 2.39. The van der Waals surface area contributed by atoms with Gasteiger partial charge in [-0.1, -0.05) is 12.1 Å². The van der Waals surface area contributed by atoms with E-state index in [-0.39, 0.29) is 45.8 Å². The molecule has 248 valence electrons. The molecule has 1 amide bonds. The van der Waals surface area contributed by atoms with Gasteiger partial charge in [0.25, 0.3) is 0 Å². The minimum atomic E-state index is -0.676. The SMILES string of the molecule is COc1nc(N2CCCC(N3CCCC3=O)C2)c2c(=O)oc(-c3cc(O)cc4cccc(F)c34)c(C)c2n1.FC1CC2CCCN2C1. The Hall–Kier alpha value is -4.32. The first-order valence-corrected chi connectivity index (χ1v) is 16.5. The Morgan fingerprint density at radius 1 is 1.00 bits per heavy atom. The lowest BCUT2D eigenvalue weighted by atomic mass is 9.98. The Kier molecular flexibility index (Phi) is 8.46. The molecule has 0 saturated carbocycles. The molecule has 0 bridgehead atoms. The number of aromatic hydroxyl groups is 1. The van der Waals surface area contributed by atoms with Crippen molar-refractivity contribution < 1.29 is 27.8 Å². The number of aromatic nitrogens is 2. The molecule has 4 aliphatic rings. The molecule has 0 aliphatic carbocycles. The number of carbonyl (C=O) groups excluding carboxylic acids is 1. The number of nitrogens with zero attached hydrogens (tertiary/aromatic N) is 5. The standard InChI is InChI=1S/C28H27FN4O5.C7H12FN/c1-15-24-23(27(36)38-25(15)19-13-18(34)12-16-6-3-8-20(29)22(16)19)26(31-28(30-24)37-2)32-10-4-7-17(14-32)33-11-5-9-21(33)35;8-6-4-7-2-1-3-9(7)5-6/h3,6,8,12-13,17,34H,4-5,7,9-11,14H2,1-2H3;6-7H,1-5H2. The molecule has 8 rings (SSSR count). The highest BCUT2D eigenvalue weighted by Gasteiger charge is 2.35. The van der Waals surface area contributed by atoms with Gasteiger partial charge in [0.2, 0.25) is 5.91 Å². The van der Waals surface area contributed by atoms with Crippen molar-refractivity contribution in [1.29, 1.82) is 0 Å². The molecular formula is C35H39F2N5O5. The fourth-order valence-corrected chi connectivity index (χ4v) is 7.82. The van der Waals surface area contributed by atoms with Gasteiger partial charge in [-0.15, -0.1) is 0 Å². The van der Waals surface area contributed by atoms with Gasteiger partial charge in [-0.05, 0) is 75.6 Å². The Balaban J connectivity index is 0.000000334. The van der Waals surface area contributed by atoms with E-state index in [9.17, 15) is 23.5 Å². The normalized spacial score (nSPS) is 23.0. The average Bonchev–Trinajstić information content (AvgIpc) is 3.78. The molecule has 3 unspecified atom stereocenters. The number of amides is 1. The second-order valence-corrected chi connectivity index (χ2v) is 13.0. The third kappa shape index (κ3) is 5.88.